The zero-order valence-corrected chi connectivity index (χ0v) is 11.4. The lowest BCUT2D eigenvalue weighted by Crippen LogP contribution is -2.30. The molecule has 0 aromatic heterocycles. The second kappa shape index (κ2) is 5.72. The summed E-state index contributed by atoms with van der Waals surface area (Å²) < 4.78 is 11.6. The average molecular weight is 249 g/mol. The molecule has 3 nitrogen and oxygen atoms in total. The van der Waals surface area contributed by atoms with Crippen LogP contribution in [0.1, 0.15) is 38.8 Å². The standard InChI is InChI=1S/C15H23NO2/c1-10(2)18-13-7-5-4-6-12(13)14(16)15-11(3)8-9-17-15/h4-7,10-11,14-15H,8-9,16H2,1-3H3. The summed E-state index contributed by atoms with van der Waals surface area (Å²) in [5.74, 6) is 1.38. The molecule has 0 aliphatic carbocycles. The summed E-state index contributed by atoms with van der Waals surface area (Å²) >= 11 is 0. The second-order valence-electron chi connectivity index (χ2n) is 5.33. The quantitative estimate of drug-likeness (QED) is 0.892. The van der Waals surface area contributed by atoms with Gasteiger partial charge in [0.25, 0.3) is 0 Å². The Balaban J connectivity index is 2.21. The molecule has 3 unspecified atom stereocenters. The summed E-state index contributed by atoms with van der Waals surface area (Å²) in [6, 6.07) is 7.89. The van der Waals surface area contributed by atoms with Gasteiger partial charge in [-0.1, -0.05) is 25.1 Å². The van der Waals surface area contributed by atoms with Crippen LogP contribution in [0, 0.1) is 5.92 Å². The molecular formula is C15H23NO2. The SMILES string of the molecule is CC(C)Oc1ccccc1C(N)C1OCCC1C. The van der Waals surface area contributed by atoms with Gasteiger partial charge < -0.3 is 15.2 Å². The van der Waals surface area contributed by atoms with Gasteiger partial charge in [-0.3, -0.25) is 0 Å². The third kappa shape index (κ3) is 2.85. The van der Waals surface area contributed by atoms with Crippen LogP contribution in [0.2, 0.25) is 0 Å². The number of hydrogen-bond donors (Lipinski definition) is 1. The molecule has 0 bridgehead atoms. The lowest BCUT2D eigenvalue weighted by Gasteiger charge is -2.25. The van der Waals surface area contributed by atoms with Crippen LogP contribution in [0.5, 0.6) is 5.75 Å². The molecule has 0 spiro atoms. The van der Waals surface area contributed by atoms with E-state index in [0.717, 1.165) is 24.3 Å². The Morgan fingerprint density at radius 3 is 2.67 bits per heavy atom. The highest BCUT2D eigenvalue weighted by molar-refractivity contribution is 5.36. The maximum atomic E-state index is 6.36. The van der Waals surface area contributed by atoms with Gasteiger partial charge in [0.1, 0.15) is 5.75 Å². The van der Waals surface area contributed by atoms with E-state index >= 15 is 0 Å². The first-order valence-corrected chi connectivity index (χ1v) is 6.72. The molecular weight excluding hydrogens is 226 g/mol. The fraction of sp³-hybridized carbons (Fsp3) is 0.600. The lowest BCUT2D eigenvalue weighted by atomic mass is 9.93. The van der Waals surface area contributed by atoms with Crippen molar-refractivity contribution in [3.05, 3.63) is 29.8 Å². The van der Waals surface area contributed by atoms with E-state index in [1.165, 1.54) is 0 Å². The van der Waals surface area contributed by atoms with Gasteiger partial charge in [0.2, 0.25) is 0 Å². The maximum absolute atomic E-state index is 6.36. The van der Waals surface area contributed by atoms with Crippen LogP contribution in [0.15, 0.2) is 24.3 Å². The molecule has 1 aliphatic rings. The molecule has 2 rings (SSSR count). The Labute approximate surface area is 109 Å². The number of hydrogen-bond acceptors (Lipinski definition) is 3. The molecule has 3 atom stereocenters. The van der Waals surface area contributed by atoms with Crippen LogP contribution in [-0.2, 0) is 4.74 Å². The second-order valence-corrected chi connectivity index (χ2v) is 5.33. The summed E-state index contributed by atoms with van der Waals surface area (Å²) in [5.41, 5.74) is 7.41. The van der Waals surface area contributed by atoms with Gasteiger partial charge >= 0.3 is 0 Å². The van der Waals surface area contributed by atoms with E-state index in [0.29, 0.717) is 5.92 Å². The molecule has 0 saturated carbocycles. The number of rotatable bonds is 4. The highest BCUT2D eigenvalue weighted by atomic mass is 16.5. The van der Waals surface area contributed by atoms with Crippen molar-refractivity contribution in [2.75, 3.05) is 6.61 Å². The van der Waals surface area contributed by atoms with Crippen LogP contribution in [0.25, 0.3) is 0 Å². The maximum Gasteiger partial charge on any atom is 0.124 e. The van der Waals surface area contributed by atoms with Crippen molar-refractivity contribution >= 4 is 0 Å². The van der Waals surface area contributed by atoms with Gasteiger partial charge in [0, 0.05) is 12.2 Å². The highest BCUT2D eigenvalue weighted by Crippen LogP contribution is 2.34. The van der Waals surface area contributed by atoms with E-state index < -0.39 is 0 Å². The van der Waals surface area contributed by atoms with Crippen LogP contribution in [0.4, 0.5) is 0 Å². The van der Waals surface area contributed by atoms with Crippen LogP contribution in [-0.4, -0.2) is 18.8 Å². The highest BCUT2D eigenvalue weighted by Gasteiger charge is 2.32. The van der Waals surface area contributed by atoms with Gasteiger partial charge in [-0.25, -0.2) is 0 Å². The summed E-state index contributed by atoms with van der Waals surface area (Å²) in [6.45, 7) is 7.06. The fourth-order valence-corrected chi connectivity index (χ4v) is 2.47. The van der Waals surface area contributed by atoms with Crippen molar-refractivity contribution in [3.8, 4) is 5.75 Å². The topological polar surface area (TPSA) is 44.5 Å². The minimum atomic E-state index is -0.113. The first-order chi connectivity index (χ1) is 8.59. The van der Waals surface area contributed by atoms with Crippen molar-refractivity contribution in [3.63, 3.8) is 0 Å². The molecule has 1 aliphatic heterocycles. The third-order valence-electron chi connectivity index (χ3n) is 3.44. The molecule has 1 fully saturated rings. The monoisotopic (exact) mass is 249 g/mol. The van der Waals surface area contributed by atoms with E-state index in [1.54, 1.807) is 0 Å². The van der Waals surface area contributed by atoms with Gasteiger partial charge in [0.15, 0.2) is 0 Å². The van der Waals surface area contributed by atoms with E-state index in [1.807, 2.05) is 38.1 Å². The first-order valence-electron chi connectivity index (χ1n) is 6.72. The Bertz CT molecular complexity index is 392. The van der Waals surface area contributed by atoms with E-state index in [-0.39, 0.29) is 18.2 Å². The first kappa shape index (κ1) is 13.4. The number of benzene rings is 1. The van der Waals surface area contributed by atoms with E-state index in [9.17, 15) is 0 Å². The van der Waals surface area contributed by atoms with Crippen molar-refractivity contribution in [2.24, 2.45) is 11.7 Å². The van der Waals surface area contributed by atoms with Crippen molar-refractivity contribution < 1.29 is 9.47 Å². The van der Waals surface area contributed by atoms with Gasteiger partial charge in [0.05, 0.1) is 18.2 Å². The average Bonchev–Trinajstić information content (AvgIpc) is 2.74. The Hall–Kier alpha value is -1.06. The number of para-hydroxylation sites is 1. The Morgan fingerprint density at radius 2 is 2.06 bits per heavy atom. The van der Waals surface area contributed by atoms with Gasteiger partial charge in [-0.2, -0.15) is 0 Å². The number of ether oxygens (including phenoxy) is 2. The van der Waals surface area contributed by atoms with Crippen molar-refractivity contribution in [1.82, 2.24) is 0 Å². The molecule has 1 aromatic carbocycles. The molecule has 1 saturated heterocycles. The van der Waals surface area contributed by atoms with Crippen LogP contribution < -0.4 is 10.5 Å². The molecule has 1 aromatic rings. The zero-order valence-electron chi connectivity index (χ0n) is 11.4. The normalized spacial score (nSPS) is 25.4. The fourth-order valence-electron chi connectivity index (χ4n) is 2.47. The molecule has 100 valence electrons. The largest absolute Gasteiger partial charge is 0.491 e. The predicted octanol–water partition coefficient (Wildman–Crippen LogP) is 2.90. The van der Waals surface area contributed by atoms with Gasteiger partial charge in [-0.15, -0.1) is 0 Å². The molecule has 3 heteroatoms. The lowest BCUT2D eigenvalue weighted by molar-refractivity contribution is 0.0711. The molecule has 2 N–H and O–H groups in total. The molecule has 18 heavy (non-hydrogen) atoms. The van der Waals surface area contributed by atoms with E-state index in [2.05, 4.69) is 6.92 Å². The van der Waals surface area contributed by atoms with Gasteiger partial charge in [-0.05, 0) is 32.3 Å². The smallest absolute Gasteiger partial charge is 0.124 e. The van der Waals surface area contributed by atoms with E-state index in [4.69, 9.17) is 15.2 Å². The number of nitrogens with two attached hydrogens (primary N) is 1. The third-order valence-corrected chi connectivity index (χ3v) is 3.44. The zero-order chi connectivity index (χ0) is 13.1. The van der Waals surface area contributed by atoms with Crippen molar-refractivity contribution in [2.45, 2.75) is 45.4 Å². The molecule has 1 heterocycles. The summed E-state index contributed by atoms with van der Waals surface area (Å²) in [5, 5.41) is 0. The van der Waals surface area contributed by atoms with Crippen LogP contribution in [0.3, 0.4) is 0 Å². The predicted molar refractivity (Wildman–Crippen MR) is 72.7 cm³/mol. The minimum Gasteiger partial charge on any atom is -0.491 e. The Kier molecular flexibility index (Phi) is 4.25. The minimum absolute atomic E-state index is 0.0990. The summed E-state index contributed by atoms with van der Waals surface area (Å²) in [7, 11) is 0. The summed E-state index contributed by atoms with van der Waals surface area (Å²) in [6.07, 6.45) is 1.34. The van der Waals surface area contributed by atoms with Crippen molar-refractivity contribution in [1.29, 1.82) is 0 Å². The molecule has 0 amide bonds. The summed E-state index contributed by atoms with van der Waals surface area (Å²) in [4.78, 5) is 0. The molecule has 0 radical (unpaired) electrons. The van der Waals surface area contributed by atoms with Crippen LogP contribution >= 0.6 is 0 Å². The Morgan fingerprint density at radius 1 is 1.33 bits per heavy atom.